The SMILES string of the molecule is CN(C)C(=S)SN(C1CCCCC1)C1CCCCC1. The van der Waals surface area contributed by atoms with E-state index in [0.29, 0.717) is 0 Å². The maximum Gasteiger partial charge on any atom is 0.151 e. The minimum absolute atomic E-state index is 0.764. The van der Waals surface area contributed by atoms with Gasteiger partial charge in [0.05, 0.1) is 0 Å². The molecule has 0 atom stereocenters. The molecule has 0 spiro atoms. The lowest BCUT2D eigenvalue weighted by atomic mass is 9.91. The van der Waals surface area contributed by atoms with Gasteiger partial charge in [-0.1, -0.05) is 50.7 Å². The van der Waals surface area contributed by atoms with E-state index in [2.05, 4.69) is 23.3 Å². The first-order chi connectivity index (χ1) is 9.18. The van der Waals surface area contributed by atoms with E-state index in [0.717, 1.165) is 16.4 Å². The maximum atomic E-state index is 5.54. The van der Waals surface area contributed by atoms with Gasteiger partial charge in [-0.25, -0.2) is 4.31 Å². The highest BCUT2D eigenvalue weighted by molar-refractivity contribution is 8.21. The molecule has 2 fully saturated rings. The highest BCUT2D eigenvalue weighted by Crippen LogP contribution is 2.35. The number of nitrogens with zero attached hydrogens (tertiary/aromatic N) is 2. The summed E-state index contributed by atoms with van der Waals surface area (Å²) in [6.45, 7) is 0. The first kappa shape index (κ1) is 15.6. The summed E-state index contributed by atoms with van der Waals surface area (Å²) < 4.78 is 3.72. The average Bonchev–Trinajstić information content (AvgIpc) is 2.46. The fraction of sp³-hybridized carbons (Fsp3) is 0.933. The summed E-state index contributed by atoms with van der Waals surface area (Å²) in [7, 11) is 4.13. The lowest BCUT2D eigenvalue weighted by molar-refractivity contribution is 0.186. The quantitative estimate of drug-likeness (QED) is 0.561. The summed E-state index contributed by atoms with van der Waals surface area (Å²) in [5.41, 5.74) is 0. The zero-order chi connectivity index (χ0) is 13.7. The van der Waals surface area contributed by atoms with Gasteiger partial charge >= 0.3 is 0 Å². The molecule has 19 heavy (non-hydrogen) atoms. The Labute approximate surface area is 128 Å². The molecule has 0 radical (unpaired) electrons. The lowest BCUT2D eigenvalue weighted by Gasteiger charge is -2.41. The molecule has 0 heterocycles. The van der Waals surface area contributed by atoms with Gasteiger partial charge in [0.1, 0.15) is 0 Å². The fourth-order valence-corrected chi connectivity index (χ4v) is 4.61. The monoisotopic (exact) mass is 300 g/mol. The standard InChI is InChI=1S/C15H28N2S2/c1-16(2)15(18)19-17(13-9-5-3-6-10-13)14-11-7-4-8-12-14/h13-14H,3-12H2,1-2H3. The predicted molar refractivity (Wildman–Crippen MR) is 89.5 cm³/mol. The zero-order valence-corrected chi connectivity index (χ0v) is 14.1. The molecule has 0 aromatic carbocycles. The van der Waals surface area contributed by atoms with Crippen molar-refractivity contribution >= 4 is 28.5 Å². The molecule has 0 bridgehead atoms. The molecule has 0 N–H and O–H groups in total. The van der Waals surface area contributed by atoms with Crippen molar-refractivity contribution in [1.82, 2.24) is 9.21 Å². The summed E-state index contributed by atoms with van der Waals surface area (Å²) in [5, 5.41) is 0. The van der Waals surface area contributed by atoms with E-state index in [4.69, 9.17) is 12.2 Å². The van der Waals surface area contributed by atoms with Crippen molar-refractivity contribution in [3.8, 4) is 0 Å². The first-order valence-corrected chi connectivity index (χ1v) is 9.04. The van der Waals surface area contributed by atoms with Crippen molar-refractivity contribution in [2.24, 2.45) is 0 Å². The lowest BCUT2D eigenvalue weighted by Crippen LogP contribution is -2.42. The van der Waals surface area contributed by atoms with E-state index in [-0.39, 0.29) is 0 Å². The number of hydrogen-bond acceptors (Lipinski definition) is 3. The second-order valence-corrected chi connectivity index (χ2v) is 7.83. The van der Waals surface area contributed by atoms with E-state index in [1.54, 1.807) is 0 Å². The topological polar surface area (TPSA) is 6.48 Å². The van der Waals surface area contributed by atoms with Gasteiger partial charge in [-0.2, -0.15) is 0 Å². The summed E-state index contributed by atoms with van der Waals surface area (Å²) in [5.74, 6) is 0. The van der Waals surface area contributed by atoms with E-state index in [1.165, 1.54) is 64.2 Å². The van der Waals surface area contributed by atoms with Gasteiger partial charge in [0.25, 0.3) is 0 Å². The van der Waals surface area contributed by atoms with Gasteiger partial charge in [-0.3, -0.25) is 0 Å². The molecule has 2 aliphatic carbocycles. The van der Waals surface area contributed by atoms with Crippen molar-refractivity contribution in [2.45, 2.75) is 76.3 Å². The fourth-order valence-electron chi connectivity index (χ4n) is 3.29. The van der Waals surface area contributed by atoms with Crippen LogP contribution in [0.2, 0.25) is 0 Å². The van der Waals surface area contributed by atoms with E-state index in [1.807, 2.05) is 11.9 Å². The van der Waals surface area contributed by atoms with Crippen LogP contribution in [-0.2, 0) is 0 Å². The molecule has 0 saturated heterocycles. The number of thiocarbonyl (C=S) groups is 1. The molecule has 110 valence electrons. The van der Waals surface area contributed by atoms with Crippen molar-refractivity contribution in [1.29, 1.82) is 0 Å². The van der Waals surface area contributed by atoms with E-state index < -0.39 is 0 Å². The Kier molecular flexibility index (Phi) is 6.43. The molecule has 4 heteroatoms. The molecule has 2 rings (SSSR count). The van der Waals surface area contributed by atoms with Gasteiger partial charge < -0.3 is 4.90 Å². The van der Waals surface area contributed by atoms with Crippen molar-refractivity contribution in [2.75, 3.05) is 14.1 Å². The minimum atomic E-state index is 0.764. The third-order valence-electron chi connectivity index (χ3n) is 4.42. The Balaban J connectivity index is 2.00. The highest BCUT2D eigenvalue weighted by Gasteiger charge is 2.30. The Morgan fingerprint density at radius 3 is 1.63 bits per heavy atom. The van der Waals surface area contributed by atoms with Crippen LogP contribution in [0.15, 0.2) is 0 Å². The Hall–Kier alpha value is 0.200. The second kappa shape index (κ2) is 7.84. The molecule has 0 aromatic heterocycles. The minimum Gasteiger partial charge on any atom is -0.363 e. The van der Waals surface area contributed by atoms with E-state index >= 15 is 0 Å². The van der Waals surface area contributed by atoms with Crippen LogP contribution >= 0.6 is 24.2 Å². The van der Waals surface area contributed by atoms with Crippen LogP contribution < -0.4 is 0 Å². The van der Waals surface area contributed by atoms with Gasteiger partial charge in [0.15, 0.2) is 4.32 Å². The molecule has 2 saturated carbocycles. The normalized spacial score (nSPS) is 22.7. The summed E-state index contributed by atoms with van der Waals surface area (Å²) in [6, 6.07) is 1.53. The number of rotatable bonds is 3. The van der Waals surface area contributed by atoms with Crippen LogP contribution in [0.4, 0.5) is 0 Å². The van der Waals surface area contributed by atoms with Crippen LogP contribution in [0.1, 0.15) is 64.2 Å². The highest BCUT2D eigenvalue weighted by atomic mass is 32.2. The Morgan fingerprint density at radius 1 is 0.842 bits per heavy atom. The van der Waals surface area contributed by atoms with Crippen molar-refractivity contribution < 1.29 is 0 Å². The van der Waals surface area contributed by atoms with Crippen molar-refractivity contribution in [3.05, 3.63) is 0 Å². The van der Waals surface area contributed by atoms with Gasteiger partial charge in [-0.15, -0.1) is 0 Å². The molecule has 2 nitrogen and oxygen atoms in total. The van der Waals surface area contributed by atoms with Crippen LogP contribution in [0.3, 0.4) is 0 Å². The molecule has 0 unspecified atom stereocenters. The van der Waals surface area contributed by atoms with Crippen LogP contribution in [0, 0.1) is 0 Å². The largest absolute Gasteiger partial charge is 0.363 e. The van der Waals surface area contributed by atoms with Gasteiger partial charge in [0, 0.05) is 26.2 Å². The Bertz CT molecular complexity index is 264. The summed E-state index contributed by atoms with van der Waals surface area (Å²) in [4.78, 5) is 2.08. The number of hydrogen-bond donors (Lipinski definition) is 0. The van der Waals surface area contributed by atoms with Crippen LogP contribution in [0.5, 0.6) is 0 Å². The van der Waals surface area contributed by atoms with Crippen molar-refractivity contribution in [3.63, 3.8) is 0 Å². The summed E-state index contributed by atoms with van der Waals surface area (Å²) in [6.07, 6.45) is 14.0. The molecule has 0 amide bonds. The van der Waals surface area contributed by atoms with Crippen LogP contribution in [-0.4, -0.2) is 39.7 Å². The van der Waals surface area contributed by atoms with Crippen LogP contribution in [0.25, 0.3) is 0 Å². The molecule has 0 aliphatic heterocycles. The third kappa shape index (κ3) is 4.61. The first-order valence-electron chi connectivity index (χ1n) is 7.86. The summed E-state index contributed by atoms with van der Waals surface area (Å²) >= 11 is 7.40. The Morgan fingerprint density at radius 2 is 1.26 bits per heavy atom. The molecular weight excluding hydrogens is 272 g/mol. The zero-order valence-electron chi connectivity index (χ0n) is 12.4. The molecule has 2 aliphatic rings. The maximum absolute atomic E-state index is 5.54. The molecular formula is C15H28N2S2. The predicted octanol–water partition coefficient (Wildman–Crippen LogP) is 4.45. The van der Waals surface area contributed by atoms with Gasteiger partial charge in [0.2, 0.25) is 0 Å². The second-order valence-electron chi connectivity index (χ2n) is 6.20. The smallest absolute Gasteiger partial charge is 0.151 e. The van der Waals surface area contributed by atoms with E-state index in [9.17, 15) is 0 Å². The third-order valence-corrected chi connectivity index (χ3v) is 6.34. The van der Waals surface area contributed by atoms with Gasteiger partial charge in [-0.05, 0) is 37.6 Å². The molecule has 0 aromatic rings. The average molecular weight is 301 g/mol.